The van der Waals surface area contributed by atoms with Crippen molar-refractivity contribution in [2.45, 2.75) is 19.8 Å². The van der Waals surface area contributed by atoms with E-state index < -0.39 is 0 Å². The van der Waals surface area contributed by atoms with Crippen molar-refractivity contribution in [2.24, 2.45) is 0 Å². The molecule has 1 unspecified atom stereocenters. The molecule has 0 aliphatic rings. The second kappa shape index (κ2) is 5.97. The van der Waals surface area contributed by atoms with E-state index >= 15 is 0 Å². The maximum Gasteiger partial charge on any atom is 0.00671 e. The highest BCUT2D eigenvalue weighted by molar-refractivity contribution is 5.71. The summed E-state index contributed by atoms with van der Waals surface area (Å²) in [5.74, 6) is 0.391. The van der Waals surface area contributed by atoms with E-state index in [2.05, 4.69) is 92.7 Å². The molecule has 0 N–H and O–H groups in total. The molecule has 0 saturated heterocycles. The van der Waals surface area contributed by atoms with Crippen LogP contribution in [0, 0.1) is 6.92 Å². The van der Waals surface area contributed by atoms with Crippen LogP contribution in [0.2, 0.25) is 0 Å². The molecule has 0 aromatic heterocycles. The molecule has 0 radical (unpaired) electrons. The van der Waals surface area contributed by atoms with Crippen molar-refractivity contribution in [3.63, 3.8) is 0 Å². The smallest absolute Gasteiger partial charge is 0.00671 e. The first-order valence-electron chi connectivity index (χ1n) is 7.47. The lowest BCUT2D eigenvalue weighted by Crippen LogP contribution is -1.99. The van der Waals surface area contributed by atoms with Crippen LogP contribution < -0.4 is 0 Å². The first-order chi connectivity index (χ1) is 10.3. The molecule has 3 aromatic carbocycles. The summed E-state index contributed by atoms with van der Waals surface area (Å²) in [6.07, 6.45) is 0. The molecule has 0 fully saturated rings. The van der Waals surface area contributed by atoms with Gasteiger partial charge in [-0.1, -0.05) is 85.8 Å². The summed E-state index contributed by atoms with van der Waals surface area (Å²) >= 11 is 0. The van der Waals surface area contributed by atoms with E-state index in [1.54, 1.807) is 0 Å². The normalized spacial score (nSPS) is 12.1. The molecular weight excluding hydrogens is 252 g/mol. The van der Waals surface area contributed by atoms with Gasteiger partial charge < -0.3 is 0 Å². The monoisotopic (exact) mass is 272 g/mol. The van der Waals surface area contributed by atoms with Gasteiger partial charge in [-0.05, 0) is 34.7 Å². The zero-order valence-electron chi connectivity index (χ0n) is 12.6. The Hall–Kier alpha value is -2.34. The summed E-state index contributed by atoms with van der Waals surface area (Å²) in [4.78, 5) is 0. The number of hydrogen-bond donors (Lipinski definition) is 0. The van der Waals surface area contributed by atoms with Crippen molar-refractivity contribution in [1.82, 2.24) is 0 Å². The second-order valence-electron chi connectivity index (χ2n) is 5.53. The lowest BCUT2D eigenvalue weighted by molar-refractivity contribution is 0.924. The van der Waals surface area contributed by atoms with Crippen LogP contribution in [0.15, 0.2) is 78.9 Å². The molecule has 0 nitrogen and oxygen atoms in total. The first-order valence-corrected chi connectivity index (χ1v) is 7.47. The molecule has 0 heteroatoms. The van der Waals surface area contributed by atoms with Gasteiger partial charge in [-0.2, -0.15) is 0 Å². The SMILES string of the molecule is Cc1ccccc1-c1ccccc1C(C)c1ccccc1. The molecule has 0 spiro atoms. The maximum atomic E-state index is 2.28. The van der Waals surface area contributed by atoms with Crippen molar-refractivity contribution < 1.29 is 0 Å². The van der Waals surface area contributed by atoms with E-state index in [1.807, 2.05) is 0 Å². The van der Waals surface area contributed by atoms with Gasteiger partial charge >= 0.3 is 0 Å². The third-order valence-corrected chi connectivity index (χ3v) is 4.16. The lowest BCUT2D eigenvalue weighted by atomic mass is 9.86. The second-order valence-corrected chi connectivity index (χ2v) is 5.53. The Morgan fingerprint density at radius 1 is 0.619 bits per heavy atom. The fourth-order valence-corrected chi connectivity index (χ4v) is 2.92. The van der Waals surface area contributed by atoms with Crippen LogP contribution in [0.5, 0.6) is 0 Å². The van der Waals surface area contributed by atoms with Crippen molar-refractivity contribution in [3.05, 3.63) is 95.6 Å². The van der Waals surface area contributed by atoms with Gasteiger partial charge in [0.15, 0.2) is 0 Å². The fraction of sp³-hybridized carbons (Fsp3) is 0.143. The third kappa shape index (κ3) is 2.75. The zero-order valence-corrected chi connectivity index (χ0v) is 12.6. The van der Waals surface area contributed by atoms with Crippen LogP contribution in [0.4, 0.5) is 0 Å². The summed E-state index contributed by atoms with van der Waals surface area (Å²) in [6, 6.07) is 28.1. The predicted molar refractivity (Wildman–Crippen MR) is 90.6 cm³/mol. The van der Waals surface area contributed by atoms with Gasteiger partial charge in [0.05, 0.1) is 0 Å². The summed E-state index contributed by atoms with van der Waals surface area (Å²) in [6.45, 7) is 4.46. The highest BCUT2D eigenvalue weighted by Crippen LogP contribution is 2.34. The van der Waals surface area contributed by atoms with Crippen molar-refractivity contribution in [2.75, 3.05) is 0 Å². The average molecular weight is 272 g/mol. The maximum absolute atomic E-state index is 2.28. The molecule has 0 saturated carbocycles. The Balaban J connectivity index is 2.11. The molecule has 0 heterocycles. The highest BCUT2D eigenvalue weighted by atomic mass is 14.2. The van der Waals surface area contributed by atoms with E-state index in [0.717, 1.165) is 0 Å². The Morgan fingerprint density at radius 2 is 1.19 bits per heavy atom. The first kappa shape index (κ1) is 13.6. The molecule has 104 valence electrons. The lowest BCUT2D eigenvalue weighted by Gasteiger charge is -2.18. The molecule has 0 bridgehead atoms. The average Bonchev–Trinajstić information content (AvgIpc) is 2.55. The Labute approximate surface area is 127 Å². The molecule has 0 aliphatic heterocycles. The van der Waals surface area contributed by atoms with Gasteiger partial charge in [-0.25, -0.2) is 0 Å². The fourth-order valence-electron chi connectivity index (χ4n) is 2.92. The predicted octanol–water partition coefficient (Wildman–Crippen LogP) is 5.81. The Bertz CT molecular complexity index is 726. The van der Waals surface area contributed by atoms with Crippen LogP contribution in [-0.2, 0) is 0 Å². The third-order valence-electron chi connectivity index (χ3n) is 4.16. The minimum atomic E-state index is 0.391. The quantitative estimate of drug-likeness (QED) is 0.564. The zero-order chi connectivity index (χ0) is 14.7. The van der Waals surface area contributed by atoms with Gasteiger partial charge in [0.2, 0.25) is 0 Å². The molecule has 0 aliphatic carbocycles. The molecule has 3 rings (SSSR count). The summed E-state index contributed by atoms with van der Waals surface area (Å²) in [5.41, 5.74) is 6.74. The molecule has 21 heavy (non-hydrogen) atoms. The Kier molecular flexibility index (Phi) is 3.87. The summed E-state index contributed by atoms with van der Waals surface area (Å²) in [5, 5.41) is 0. The standard InChI is InChI=1S/C21H20/c1-16-10-6-7-13-19(16)21-15-9-8-14-20(21)17(2)18-11-4-3-5-12-18/h3-15,17H,1-2H3. The highest BCUT2D eigenvalue weighted by Gasteiger charge is 2.14. The van der Waals surface area contributed by atoms with Crippen LogP contribution >= 0.6 is 0 Å². The molecule has 0 amide bonds. The van der Waals surface area contributed by atoms with Gasteiger partial charge in [-0.3, -0.25) is 0 Å². The largest absolute Gasteiger partial charge is 0.0622 e. The van der Waals surface area contributed by atoms with Crippen molar-refractivity contribution in [3.8, 4) is 11.1 Å². The van der Waals surface area contributed by atoms with E-state index in [0.29, 0.717) is 5.92 Å². The minimum absolute atomic E-state index is 0.391. The van der Waals surface area contributed by atoms with Crippen molar-refractivity contribution >= 4 is 0 Å². The van der Waals surface area contributed by atoms with Crippen LogP contribution in [0.25, 0.3) is 11.1 Å². The van der Waals surface area contributed by atoms with Crippen LogP contribution in [0.1, 0.15) is 29.5 Å². The van der Waals surface area contributed by atoms with Crippen LogP contribution in [0.3, 0.4) is 0 Å². The molecule has 1 atom stereocenters. The molecular formula is C21H20. The van der Waals surface area contributed by atoms with Gasteiger partial charge in [0.1, 0.15) is 0 Å². The number of aryl methyl sites for hydroxylation is 1. The number of benzene rings is 3. The van der Waals surface area contributed by atoms with Gasteiger partial charge in [0.25, 0.3) is 0 Å². The van der Waals surface area contributed by atoms with Crippen LogP contribution in [-0.4, -0.2) is 0 Å². The van der Waals surface area contributed by atoms with Gasteiger partial charge in [0, 0.05) is 5.92 Å². The van der Waals surface area contributed by atoms with Gasteiger partial charge in [-0.15, -0.1) is 0 Å². The topological polar surface area (TPSA) is 0 Å². The van der Waals surface area contributed by atoms with Crippen molar-refractivity contribution in [1.29, 1.82) is 0 Å². The van der Waals surface area contributed by atoms with E-state index in [-0.39, 0.29) is 0 Å². The molecule has 3 aromatic rings. The van der Waals surface area contributed by atoms with E-state index in [4.69, 9.17) is 0 Å². The minimum Gasteiger partial charge on any atom is -0.0622 e. The van der Waals surface area contributed by atoms with E-state index in [9.17, 15) is 0 Å². The summed E-state index contributed by atoms with van der Waals surface area (Å²) < 4.78 is 0. The number of rotatable bonds is 3. The Morgan fingerprint density at radius 3 is 1.90 bits per heavy atom. The van der Waals surface area contributed by atoms with E-state index in [1.165, 1.54) is 27.8 Å². The number of hydrogen-bond acceptors (Lipinski definition) is 0. The summed E-state index contributed by atoms with van der Waals surface area (Å²) in [7, 11) is 0.